The lowest BCUT2D eigenvalue weighted by Gasteiger charge is -2.04. The van der Waals surface area contributed by atoms with E-state index in [1.54, 1.807) is 0 Å². The van der Waals surface area contributed by atoms with Crippen LogP contribution in [0.4, 0.5) is 5.69 Å². The van der Waals surface area contributed by atoms with E-state index in [2.05, 4.69) is 53.3 Å². The molecule has 1 aliphatic rings. The fraction of sp³-hybridized carbons (Fsp3) is 0.0667. The van der Waals surface area contributed by atoms with Crippen LogP contribution < -0.4 is 0 Å². The molecule has 0 amide bonds. The van der Waals surface area contributed by atoms with Crippen molar-refractivity contribution in [3.05, 3.63) is 107 Å². The highest BCUT2D eigenvalue weighted by Crippen LogP contribution is 2.38. The smallest absolute Gasteiger partial charge is 0.215 e. The molecule has 0 saturated carbocycles. The van der Waals surface area contributed by atoms with Gasteiger partial charge in [0.25, 0.3) is 0 Å². The molecule has 5 aromatic rings. The summed E-state index contributed by atoms with van der Waals surface area (Å²) in [6.45, 7) is 4.10. The highest BCUT2D eigenvalue weighted by Gasteiger charge is 2.30. The minimum atomic E-state index is -0.190. The number of benzene rings is 4. The number of nitrogens with zero attached hydrogens (tertiary/aromatic N) is 1. The van der Waals surface area contributed by atoms with E-state index >= 15 is 0 Å². The molecule has 164 valence electrons. The van der Waals surface area contributed by atoms with Gasteiger partial charge in [-0.25, -0.2) is 4.99 Å². The molecule has 2 N–H and O–H groups in total. The predicted octanol–water partition coefficient (Wildman–Crippen LogP) is 7.14. The first-order chi connectivity index (χ1) is 16.5. The van der Waals surface area contributed by atoms with Crippen molar-refractivity contribution >= 4 is 28.1 Å². The molecular formula is C30H22N2O2. The molecule has 0 saturated heterocycles. The predicted molar refractivity (Wildman–Crippen MR) is 137 cm³/mol. The maximum absolute atomic E-state index is 13.3. The lowest BCUT2D eigenvalue weighted by atomic mass is 9.98. The summed E-state index contributed by atoms with van der Waals surface area (Å²) in [5, 5.41) is 11.7. The second kappa shape index (κ2) is 7.56. The molecule has 4 nitrogen and oxygen atoms in total. The molecule has 34 heavy (non-hydrogen) atoms. The lowest BCUT2D eigenvalue weighted by molar-refractivity contribution is 0.107. The van der Waals surface area contributed by atoms with Crippen molar-refractivity contribution in [3.63, 3.8) is 0 Å². The number of carbonyl (C=O) groups excluding carboxylic acids is 1. The van der Waals surface area contributed by atoms with Gasteiger partial charge in [-0.3, -0.25) is 4.79 Å². The van der Waals surface area contributed by atoms with E-state index in [0.29, 0.717) is 22.3 Å². The Labute approximate surface area is 197 Å². The quantitative estimate of drug-likeness (QED) is 0.312. The number of Topliss-reactive ketones (excluding diaryl/α,β-unsaturated/α-hetero) is 1. The molecule has 6 rings (SSSR count). The number of hydrogen-bond acceptors (Lipinski definition) is 3. The third-order valence-electron chi connectivity index (χ3n) is 6.47. The highest BCUT2D eigenvalue weighted by atomic mass is 16.3. The van der Waals surface area contributed by atoms with Crippen molar-refractivity contribution in [2.24, 2.45) is 4.99 Å². The summed E-state index contributed by atoms with van der Waals surface area (Å²) in [5.41, 5.74) is 8.98. The normalized spacial score (nSPS) is 12.8. The zero-order valence-electron chi connectivity index (χ0n) is 18.9. The molecule has 0 unspecified atom stereocenters. The number of ketones is 1. The van der Waals surface area contributed by atoms with Crippen LogP contribution >= 0.6 is 0 Å². The van der Waals surface area contributed by atoms with Crippen LogP contribution in [0.25, 0.3) is 33.2 Å². The van der Waals surface area contributed by atoms with Crippen LogP contribution in [0.2, 0.25) is 0 Å². The maximum atomic E-state index is 13.3. The molecule has 1 aromatic heterocycles. The first-order valence-corrected chi connectivity index (χ1v) is 11.2. The Morgan fingerprint density at radius 2 is 1.26 bits per heavy atom. The maximum Gasteiger partial charge on any atom is 0.215 e. The molecule has 0 spiro atoms. The highest BCUT2D eigenvalue weighted by molar-refractivity contribution is 6.55. The van der Waals surface area contributed by atoms with Gasteiger partial charge in [-0.05, 0) is 60.4 Å². The Bertz CT molecular complexity index is 1620. The molecule has 0 fully saturated rings. The van der Waals surface area contributed by atoms with E-state index in [9.17, 15) is 9.90 Å². The fourth-order valence-corrected chi connectivity index (χ4v) is 4.48. The molecular weight excluding hydrogens is 420 g/mol. The second-order valence-corrected chi connectivity index (χ2v) is 8.86. The Morgan fingerprint density at radius 1 is 0.706 bits per heavy atom. The number of carbonyl (C=O) groups is 1. The van der Waals surface area contributed by atoms with Gasteiger partial charge in [0.05, 0.1) is 11.3 Å². The van der Waals surface area contributed by atoms with E-state index in [-0.39, 0.29) is 17.2 Å². The summed E-state index contributed by atoms with van der Waals surface area (Å²) < 4.78 is 0. The first kappa shape index (κ1) is 20.2. The molecule has 4 heteroatoms. The minimum absolute atomic E-state index is 0.0441. The van der Waals surface area contributed by atoms with E-state index in [1.807, 2.05) is 55.5 Å². The van der Waals surface area contributed by atoms with E-state index in [0.717, 1.165) is 27.8 Å². The Balaban J connectivity index is 1.38. The van der Waals surface area contributed by atoms with Gasteiger partial charge in [0, 0.05) is 10.9 Å². The van der Waals surface area contributed by atoms with Gasteiger partial charge in [0.15, 0.2) is 5.75 Å². The van der Waals surface area contributed by atoms with Crippen molar-refractivity contribution in [3.8, 4) is 28.0 Å². The molecule has 0 radical (unpaired) electrons. The largest absolute Gasteiger partial charge is 0.505 e. The molecule has 0 aliphatic carbocycles. The number of nitrogens with one attached hydrogen (secondary N) is 1. The average molecular weight is 443 g/mol. The zero-order chi connectivity index (χ0) is 23.4. The van der Waals surface area contributed by atoms with Crippen LogP contribution in [0.15, 0.2) is 89.9 Å². The number of hydrogen-bond donors (Lipinski definition) is 2. The first-order valence-electron chi connectivity index (χ1n) is 11.2. The topological polar surface area (TPSA) is 65.5 Å². The van der Waals surface area contributed by atoms with Gasteiger partial charge in [0.2, 0.25) is 5.78 Å². The zero-order valence-corrected chi connectivity index (χ0v) is 18.9. The lowest BCUT2D eigenvalue weighted by Crippen LogP contribution is -2.11. The van der Waals surface area contributed by atoms with Crippen LogP contribution in [0.5, 0.6) is 5.75 Å². The second-order valence-electron chi connectivity index (χ2n) is 8.86. The van der Waals surface area contributed by atoms with Crippen molar-refractivity contribution < 1.29 is 9.90 Å². The number of fused-ring (bicyclic) bond motifs is 2. The van der Waals surface area contributed by atoms with E-state index in [4.69, 9.17) is 0 Å². The molecule has 0 bridgehead atoms. The number of aromatic hydroxyl groups is 1. The van der Waals surface area contributed by atoms with Crippen molar-refractivity contribution in [1.82, 2.24) is 4.98 Å². The van der Waals surface area contributed by atoms with Gasteiger partial charge in [0.1, 0.15) is 11.4 Å². The van der Waals surface area contributed by atoms with E-state index in [1.165, 1.54) is 11.1 Å². The number of aliphatic imine (C=N–C) groups is 1. The van der Waals surface area contributed by atoms with Gasteiger partial charge < -0.3 is 10.1 Å². The van der Waals surface area contributed by atoms with Gasteiger partial charge in [-0.15, -0.1) is 0 Å². The summed E-state index contributed by atoms with van der Waals surface area (Å²) in [6, 6.07) is 28.1. The number of rotatable bonds is 3. The van der Waals surface area contributed by atoms with Crippen molar-refractivity contribution in [2.75, 3.05) is 0 Å². The summed E-state index contributed by atoms with van der Waals surface area (Å²) >= 11 is 0. The summed E-state index contributed by atoms with van der Waals surface area (Å²) in [7, 11) is 0. The number of aromatic amines is 1. The Kier molecular flexibility index (Phi) is 4.49. The van der Waals surface area contributed by atoms with Crippen molar-refractivity contribution in [2.45, 2.75) is 13.8 Å². The standard InChI is InChI=1S/C30H22N2O2/c1-17-3-7-19(8-4-17)21-11-13-25-23(15-21)29(33)27(31-25)28-30(34)24-16-22(12-14-26(24)32-28)20-9-5-18(2)6-10-20/h3-16,31,33H,1-2H3. The number of aromatic nitrogens is 1. The van der Waals surface area contributed by atoms with Gasteiger partial charge in [-0.2, -0.15) is 0 Å². The molecule has 2 heterocycles. The SMILES string of the molecule is Cc1ccc(-c2ccc3c(c2)C(=O)C(c2[nH]c4ccc(-c5ccc(C)cc5)cc4c2O)=N3)cc1. The molecule has 4 aromatic carbocycles. The average Bonchev–Trinajstić information content (AvgIpc) is 3.36. The number of aryl methyl sites for hydroxylation is 2. The third kappa shape index (κ3) is 3.23. The van der Waals surface area contributed by atoms with Crippen LogP contribution in [0.1, 0.15) is 27.2 Å². The van der Waals surface area contributed by atoms with Crippen LogP contribution in [-0.2, 0) is 0 Å². The summed E-state index contributed by atoms with van der Waals surface area (Å²) in [4.78, 5) is 21.1. The monoisotopic (exact) mass is 442 g/mol. The van der Waals surface area contributed by atoms with Crippen LogP contribution in [-0.4, -0.2) is 21.6 Å². The Hall–Kier alpha value is -4.44. The van der Waals surface area contributed by atoms with Gasteiger partial charge in [-0.1, -0.05) is 71.8 Å². The summed E-state index contributed by atoms with van der Waals surface area (Å²) in [5.74, 6) is -0.146. The van der Waals surface area contributed by atoms with E-state index < -0.39 is 0 Å². The van der Waals surface area contributed by atoms with Crippen LogP contribution in [0.3, 0.4) is 0 Å². The Morgan fingerprint density at radius 3 is 1.91 bits per heavy atom. The molecule has 0 atom stereocenters. The number of H-pyrrole nitrogens is 1. The minimum Gasteiger partial charge on any atom is -0.505 e. The fourth-order valence-electron chi connectivity index (χ4n) is 4.48. The third-order valence-corrected chi connectivity index (χ3v) is 6.47. The van der Waals surface area contributed by atoms with Crippen molar-refractivity contribution in [1.29, 1.82) is 0 Å². The molecule has 1 aliphatic heterocycles. The van der Waals surface area contributed by atoms with Crippen LogP contribution in [0, 0.1) is 13.8 Å². The van der Waals surface area contributed by atoms with Gasteiger partial charge >= 0.3 is 0 Å². The summed E-state index contributed by atoms with van der Waals surface area (Å²) in [6.07, 6.45) is 0.